The molecule has 0 radical (unpaired) electrons. The predicted molar refractivity (Wildman–Crippen MR) is 141 cm³/mol. The lowest BCUT2D eigenvalue weighted by Crippen LogP contribution is -2.44. The van der Waals surface area contributed by atoms with Crippen LogP contribution < -0.4 is 16.0 Å². The van der Waals surface area contributed by atoms with Gasteiger partial charge < -0.3 is 20.1 Å². The number of benzene rings is 1. The topological polar surface area (TPSA) is 87.2 Å². The van der Waals surface area contributed by atoms with Gasteiger partial charge in [-0.25, -0.2) is 4.79 Å². The summed E-state index contributed by atoms with van der Waals surface area (Å²) in [6.45, 7) is 15.7. The average Bonchev–Trinajstić information content (AvgIpc) is 2.72. The maximum absolute atomic E-state index is 11.9. The summed E-state index contributed by atoms with van der Waals surface area (Å²) in [6, 6.07) is 8.20. The molecule has 0 saturated carbocycles. The zero-order chi connectivity index (χ0) is 22.7. The number of morpholine rings is 1. The van der Waals surface area contributed by atoms with Gasteiger partial charge in [-0.3, -0.25) is 15.2 Å². The standard InChI is InChI=1S/C23H39N5O3.HI/c1-6-24-21(26-17-18(2)28-13-15-30-16-14-28)25-12-11-19-7-9-20(10-8-19)27-22(29)31-23(3,4)5;/h7-10,18H,6,11-17H2,1-5H3,(H,27,29)(H2,24,25,26);1H. The number of ether oxygens (including phenoxy) is 2. The van der Waals surface area contributed by atoms with Crippen LogP contribution >= 0.6 is 24.0 Å². The summed E-state index contributed by atoms with van der Waals surface area (Å²) in [5.74, 6) is 0.839. The maximum Gasteiger partial charge on any atom is 0.412 e. The van der Waals surface area contributed by atoms with Gasteiger partial charge in [-0.15, -0.1) is 24.0 Å². The van der Waals surface area contributed by atoms with E-state index in [0.29, 0.717) is 6.04 Å². The number of nitrogens with zero attached hydrogens (tertiary/aromatic N) is 2. The van der Waals surface area contributed by atoms with E-state index in [2.05, 4.69) is 34.7 Å². The highest BCUT2D eigenvalue weighted by atomic mass is 127. The van der Waals surface area contributed by atoms with Crippen LogP contribution in [-0.2, 0) is 15.9 Å². The molecule has 1 saturated heterocycles. The largest absolute Gasteiger partial charge is 0.444 e. The maximum atomic E-state index is 11.9. The van der Waals surface area contributed by atoms with Crippen molar-refractivity contribution in [3.63, 3.8) is 0 Å². The zero-order valence-electron chi connectivity index (χ0n) is 20.1. The minimum absolute atomic E-state index is 0. The lowest BCUT2D eigenvalue weighted by molar-refractivity contribution is 0.0220. The quantitative estimate of drug-likeness (QED) is 0.256. The van der Waals surface area contributed by atoms with Crippen molar-refractivity contribution in [1.82, 2.24) is 15.5 Å². The lowest BCUT2D eigenvalue weighted by Gasteiger charge is -2.31. The van der Waals surface area contributed by atoms with E-state index in [0.717, 1.165) is 64.0 Å². The minimum atomic E-state index is -0.512. The Morgan fingerprint density at radius 2 is 1.84 bits per heavy atom. The highest BCUT2D eigenvalue weighted by molar-refractivity contribution is 14.0. The zero-order valence-corrected chi connectivity index (χ0v) is 22.4. The summed E-state index contributed by atoms with van der Waals surface area (Å²) in [6.07, 6.45) is 0.413. The first-order valence-electron chi connectivity index (χ1n) is 11.2. The van der Waals surface area contributed by atoms with Gasteiger partial charge in [-0.05, 0) is 58.7 Å². The van der Waals surface area contributed by atoms with Crippen LogP contribution in [0.3, 0.4) is 0 Å². The highest BCUT2D eigenvalue weighted by Crippen LogP contribution is 2.13. The Labute approximate surface area is 209 Å². The molecule has 0 aromatic heterocycles. The molecule has 1 aromatic carbocycles. The fourth-order valence-corrected chi connectivity index (χ4v) is 3.20. The third-order valence-corrected chi connectivity index (χ3v) is 4.83. The van der Waals surface area contributed by atoms with Gasteiger partial charge in [0.2, 0.25) is 0 Å². The number of anilines is 1. The van der Waals surface area contributed by atoms with Crippen LogP contribution in [0.1, 0.15) is 40.2 Å². The first-order chi connectivity index (χ1) is 14.8. The highest BCUT2D eigenvalue weighted by Gasteiger charge is 2.17. The number of hydrogen-bond acceptors (Lipinski definition) is 5. The SMILES string of the molecule is CCNC(=NCC(C)N1CCOCC1)NCCc1ccc(NC(=O)OC(C)(C)C)cc1.I. The fraction of sp³-hybridized carbons (Fsp3) is 0.652. The molecule has 1 heterocycles. The lowest BCUT2D eigenvalue weighted by atomic mass is 10.1. The molecule has 32 heavy (non-hydrogen) atoms. The molecule has 1 atom stereocenters. The number of carbonyl (C=O) groups excluding carboxylic acids is 1. The molecule has 0 aliphatic carbocycles. The van der Waals surface area contributed by atoms with Gasteiger partial charge >= 0.3 is 6.09 Å². The second-order valence-electron chi connectivity index (χ2n) is 8.72. The molecule has 9 heteroatoms. The molecule has 8 nitrogen and oxygen atoms in total. The number of guanidine groups is 1. The van der Waals surface area contributed by atoms with E-state index in [1.165, 1.54) is 5.56 Å². The Balaban J connectivity index is 0.00000512. The van der Waals surface area contributed by atoms with E-state index < -0.39 is 11.7 Å². The molecule has 1 aliphatic rings. The van der Waals surface area contributed by atoms with Gasteiger partial charge in [0.05, 0.1) is 19.8 Å². The van der Waals surface area contributed by atoms with E-state index in [9.17, 15) is 4.79 Å². The van der Waals surface area contributed by atoms with Gasteiger partial charge in [0.1, 0.15) is 5.60 Å². The number of carbonyl (C=O) groups is 1. The number of rotatable bonds is 8. The fourth-order valence-electron chi connectivity index (χ4n) is 3.20. The molecule has 1 amide bonds. The average molecular weight is 562 g/mol. The first-order valence-corrected chi connectivity index (χ1v) is 11.2. The minimum Gasteiger partial charge on any atom is -0.444 e. The molecule has 3 N–H and O–H groups in total. The van der Waals surface area contributed by atoms with E-state index in [4.69, 9.17) is 14.5 Å². The molecule has 0 bridgehead atoms. The molecule has 2 rings (SSSR count). The summed E-state index contributed by atoms with van der Waals surface area (Å²) < 4.78 is 10.7. The Kier molecular flexibility index (Phi) is 12.9. The summed E-state index contributed by atoms with van der Waals surface area (Å²) in [5.41, 5.74) is 1.39. The van der Waals surface area contributed by atoms with Crippen molar-refractivity contribution >= 4 is 41.7 Å². The van der Waals surface area contributed by atoms with Gasteiger partial charge in [-0.1, -0.05) is 12.1 Å². The number of halogens is 1. The summed E-state index contributed by atoms with van der Waals surface area (Å²) in [4.78, 5) is 19.0. The molecule has 1 aromatic rings. The second-order valence-corrected chi connectivity index (χ2v) is 8.72. The van der Waals surface area contributed by atoms with E-state index in [1.54, 1.807) is 0 Å². The van der Waals surface area contributed by atoms with Crippen molar-refractivity contribution in [2.45, 2.75) is 52.7 Å². The van der Waals surface area contributed by atoms with Gasteiger partial charge in [-0.2, -0.15) is 0 Å². The van der Waals surface area contributed by atoms with Gasteiger partial charge in [0.15, 0.2) is 5.96 Å². The van der Waals surface area contributed by atoms with Crippen molar-refractivity contribution in [2.75, 3.05) is 51.3 Å². The molecular weight excluding hydrogens is 521 g/mol. The molecular formula is C23H40IN5O3. The molecule has 1 aliphatic heterocycles. The van der Waals surface area contributed by atoms with Crippen molar-refractivity contribution in [3.05, 3.63) is 29.8 Å². The number of aliphatic imine (C=N–C) groups is 1. The molecule has 1 fully saturated rings. The van der Waals surface area contributed by atoms with Crippen molar-refractivity contribution in [3.8, 4) is 0 Å². The third kappa shape index (κ3) is 11.3. The van der Waals surface area contributed by atoms with Crippen molar-refractivity contribution in [2.24, 2.45) is 4.99 Å². The van der Waals surface area contributed by atoms with Crippen LogP contribution in [-0.4, -0.2) is 74.5 Å². The number of amides is 1. The predicted octanol–water partition coefficient (Wildman–Crippen LogP) is 3.47. The summed E-state index contributed by atoms with van der Waals surface area (Å²) >= 11 is 0. The Morgan fingerprint density at radius 1 is 1.19 bits per heavy atom. The van der Waals surface area contributed by atoms with Crippen LogP contribution in [0.2, 0.25) is 0 Å². The van der Waals surface area contributed by atoms with Crippen LogP contribution in [0.15, 0.2) is 29.3 Å². The Hall–Kier alpha value is -1.59. The molecule has 1 unspecified atom stereocenters. The smallest absolute Gasteiger partial charge is 0.412 e. The van der Waals surface area contributed by atoms with E-state index in [1.807, 2.05) is 45.0 Å². The second kappa shape index (κ2) is 14.5. The normalized spacial score (nSPS) is 16.0. The van der Waals surface area contributed by atoms with Gasteiger partial charge in [0, 0.05) is 37.9 Å². The summed E-state index contributed by atoms with van der Waals surface area (Å²) in [5, 5.41) is 9.47. The molecule has 0 spiro atoms. The van der Waals surface area contributed by atoms with Crippen molar-refractivity contribution < 1.29 is 14.3 Å². The van der Waals surface area contributed by atoms with E-state index >= 15 is 0 Å². The van der Waals surface area contributed by atoms with E-state index in [-0.39, 0.29) is 24.0 Å². The summed E-state index contributed by atoms with van der Waals surface area (Å²) in [7, 11) is 0. The Bertz CT molecular complexity index is 701. The molecule has 182 valence electrons. The van der Waals surface area contributed by atoms with Crippen LogP contribution in [0, 0.1) is 0 Å². The van der Waals surface area contributed by atoms with Crippen LogP contribution in [0.25, 0.3) is 0 Å². The monoisotopic (exact) mass is 561 g/mol. The number of hydrogen-bond donors (Lipinski definition) is 3. The first kappa shape index (κ1) is 28.4. The van der Waals surface area contributed by atoms with Crippen molar-refractivity contribution in [1.29, 1.82) is 0 Å². The van der Waals surface area contributed by atoms with Crippen LogP contribution in [0.4, 0.5) is 10.5 Å². The number of nitrogens with one attached hydrogen (secondary N) is 3. The van der Waals surface area contributed by atoms with Gasteiger partial charge in [0.25, 0.3) is 0 Å². The third-order valence-electron chi connectivity index (χ3n) is 4.83. The Morgan fingerprint density at radius 3 is 2.44 bits per heavy atom. The van der Waals surface area contributed by atoms with Crippen LogP contribution in [0.5, 0.6) is 0 Å².